The molecular formula is C26H27N3O6. The Labute approximate surface area is 202 Å². The molecule has 4 rings (SSSR count). The molecule has 0 heterocycles. The number of hydrogen-bond donors (Lipinski definition) is 4. The number of carboxylic acids is 1. The van der Waals surface area contributed by atoms with Gasteiger partial charge in [0.05, 0.1) is 12.5 Å². The number of hydrogen-bond acceptors (Lipinski definition) is 5. The van der Waals surface area contributed by atoms with Crippen LogP contribution in [0.3, 0.4) is 0 Å². The Balaban J connectivity index is 1.18. The van der Waals surface area contributed by atoms with Crippen molar-refractivity contribution in [1.29, 1.82) is 0 Å². The minimum absolute atomic E-state index is 0.0831. The van der Waals surface area contributed by atoms with E-state index in [9.17, 15) is 19.2 Å². The Bertz CT molecular complexity index is 1120. The fraction of sp³-hybridized carbons (Fsp3) is 0.308. The highest BCUT2D eigenvalue weighted by atomic mass is 16.5. The van der Waals surface area contributed by atoms with Gasteiger partial charge in [-0.1, -0.05) is 60.7 Å². The lowest BCUT2D eigenvalue weighted by Gasteiger charge is -2.22. The highest BCUT2D eigenvalue weighted by Gasteiger charge is 2.29. The number of fused-ring (bicyclic) bond motifs is 3. The second-order valence-corrected chi connectivity index (χ2v) is 8.56. The first-order valence-corrected chi connectivity index (χ1v) is 11.5. The van der Waals surface area contributed by atoms with Crippen LogP contribution in [-0.4, -0.2) is 54.7 Å². The van der Waals surface area contributed by atoms with E-state index in [4.69, 9.17) is 9.84 Å². The van der Waals surface area contributed by atoms with Crippen LogP contribution in [0.2, 0.25) is 0 Å². The third-order valence-electron chi connectivity index (χ3n) is 6.21. The lowest BCUT2D eigenvalue weighted by atomic mass is 9.91. The molecule has 3 amide bonds. The maximum absolute atomic E-state index is 12.2. The Morgan fingerprint density at radius 1 is 0.886 bits per heavy atom. The lowest BCUT2D eigenvalue weighted by molar-refractivity contribution is -0.142. The highest BCUT2D eigenvalue weighted by Crippen LogP contribution is 2.44. The molecule has 2 aromatic rings. The van der Waals surface area contributed by atoms with E-state index < -0.39 is 35.8 Å². The van der Waals surface area contributed by atoms with Crippen molar-refractivity contribution in [3.05, 3.63) is 71.8 Å². The van der Waals surface area contributed by atoms with Crippen molar-refractivity contribution in [2.45, 2.75) is 24.8 Å². The maximum Gasteiger partial charge on any atom is 0.407 e. The van der Waals surface area contributed by atoms with Gasteiger partial charge in [0.1, 0.15) is 13.2 Å². The van der Waals surface area contributed by atoms with Gasteiger partial charge in [-0.25, -0.2) is 4.79 Å². The predicted octanol–water partition coefficient (Wildman–Crippen LogP) is 2.18. The van der Waals surface area contributed by atoms with E-state index in [0.29, 0.717) is 12.8 Å². The number of rotatable bonds is 8. The van der Waals surface area contributed by atoms with Crippen LogP contribution in [0.1, 0.15) is 29.9 Å². The summed E-state index contributed by atoms with van der Waals surface area (Å²) in [5.41, 5.74) is 4.43. The van der Waals surface area contributed by atoms with Crippen molar-refractivity contribution >= 4 is 23.9 Å². The molecule has 2 aliphatic carbocycles. The fourth-order valence-corrected chi connectivity index (χ4v) is 4.50. The van der Waals surface area contributed by atoms with Crippen LogP contribution in [0.15, 0.2) is 60.7 Å². The average molecular weight is 478 g/mol. The number of nitrogens with one attached hydrogen (secondary N) is 3. The summed E-state index contributed by atoms with van der Waals surface area (Å²) in [4.78, 5) is 47.4. The first-order valence-electron chi connectivity index (χ1n) is 11.5. The predicted molar refractivity (Wildman–Crippen MR) is 128 cm³/mol. The number of alkyl carbamates (subject to hydrolysis) is 1. The molecule has 0 bridgehead atoms. The van der Waals surface area contributed by atoms with Gasteiger partial charge in [-0.05, 0) is 35.1 Å². The molecule has 182 valence electrons. The van der Waals surface area contributed by atoms with E-state index in [1.54, 1.807) is 12.2 Å². The van der Waals surface area contributed by atoms with Gasteiger partial charge >= 0.3 is 12.1 Å². The number of allylic oxidation sites excluding steroid dienone is 1. The van der Waals surface area contributed by atoms with Crippen molar-refractivity contribution in [3.63, 3.8) is 0 Å². The fourth-order valence-electron chi connectivity index (χ4n) is 4.50. The summed E-state index contributed by atoms with van der Waals surface area (Å²) >= 11 is 0. The first-order chi connectivity index (χ1) is 16.9. The Morgan fingerprint density at radius 3 is 2.17 bits per heavy atom. The van der Waals surface area contributed by atoms with Gasteiger partial charge < -0.3 is 25.8 Å². The van der Waals surface area contributed by atoms with Gasteiger partial charge in [-0.15, -0.1) is 0 Å². The summed E-state index contributed by atoms with van der Waals surface area (Å²) < 4.78 is 5.38. The number of ether oxygens (including phenoxy) is 1. The largest absolute Gasteiger partial charge is 0.481 e. The molecule has 0 spiro atoms. The second kappa shape index (κ2) is 10.9. The minimum atomic E-state index is -0.902. The molecule has 35 heavy (non-hydrogen) atoms. The number of aliphatic carboxylic acids is 1. The number of carbonyl (C=O) groups is 4. The molecule has 4 N–H and O–H groups in total. The van der Waals surface area contributed by atoms with Crippen LogP contribution in [0.5, 0.6) is 0 Å². The molecule has 2 aromatic carbocycles. The summed E-state index contributed by atoms with van der Waals surface area (Å²) in [5, 5.41) is 16.6. The molecule has 0 saturated carbocycles. The molecule has 9 nitrogen and oxygen atoms in total. The van der Waals surface area contributed by atoms with E-state index in [-0.39, 0.29) is 25.6 Å². The third-order valence-corrected chi connectivity index (χ3v) is 6.21. The Hall–Kier alpha value is -4.14. The van der Waals surface area contributed by atoms with E-state index in [0.717, 1.165) is 22.3 Å². The summed E-state index contributed by atoms with van der Waals surface area (Å²) in [6.07, 6.45) is 3.48. The Morgan fingerprint density at radius 2 is 1.51 bits per heavy atom. The van der Waals surface area contributed by atoms with Gasteiger partial charge in [-0.3, -0.25) is 14.4 Å². The number of carboxylic acid groups (broad SMARTS) is 1. The molecule has 0 aromatic heterocycles. The van der Waals surface area contributed by atoms with Crippen molar-refractivity contribution < 1.29 is 29.0 Å². The molecular weight excluding hydrogens is 450 g/mol. The molecule has 2 atom stereocenters. The van der Waals surface area contributed by atoms with Gasteiger partial charge in [0, 0.05) is 12.0 Å². The Kier molecular flexibility index (Phi) is 7.45. The van der Waals surface area contributed by atoms with Crippen LogP contribution in [0.25, 0.3) is 11.1 Å². The molecule has 9 heteroatoms. The van der Waals surface area contributed by atoms with Gasteiger partial charge in [0.25, 0.3) is 0 Å². The first kappa shape index (κ1) is 24.0. The van der Waals surface area contributed by atoms with Crippen molar-refractivity contribution in [1.82, 2.24) is 16.0 Å². The zero-order valence-electron chi connectivity index (χ0n) is 19.0. The minimum Gasteiger partial charge on any atom is -0.481 e. The smallest absolute Gasteiger partial charge is 0.407 e. The zero-order chi connectivity index (χ0) is 24.8. The zero-order valence-corrected chi connectivity index (χ0v) is 19.0. The summed E-state index contributed by atoms with van der Waals surface area (Å²) in [6.45, 7) is -0.488. The van der Waals surface area contributed by atoms with E-state index >= 15 is 0 Å². The average Bonchev–Trinajstić information content (AvgIpc) is 3.19. The number of carbonyl (C=O) groups excluding carboxylic acids is 3. The highest BCUT2D eigenvalue weighted by molar-refractivity contribution is 5.87. The lowest BCUT2D eigenvalue weighted by Crippen LogP contribution is -2.45. The van der Waals surface area contributed by atoms with Crippen molar-refractivity contribution in [2.24, 2.45) is 5.92 Å². The van der Waals surface area contributed by atoms with Gasteiger partial charge in [0.2, 0.25) is 11.8 Å². The monoisotopic (exact) mass is 477 g/mol. The van der Waals surface area contributed by atoms with Gasteiger partial charge in [0.15, 0.2) is 0 Å². The molecule has 0 unspecified atom stereocenters. The molecule has 2 aliphatic rings. The summed E-state index contributed by atoms with van der Waals surface area (Å²) in [6, 6.07) is 15.6. The third kappa shape index (κ3) is 5.87. The van der Waals surface area contributed by atoms with Gasteiger partial charge in [-0.2, -0.15) is 0 Å². The number of benzene rings is 2. The summed E-state index contributed by atoms with van der Waals surface area (Å²) in [5.74, 6) is -2.51. The number of amides is 3. The standard InChI is InChI=1S/C26H27N3O6/c30-23(27-14-24(31)29-17-7-5-6-16(12-17)25(32)33)13-28-26(34)35-15-22-20-10-3-1-8-18(20)19-9-2-4-11-21(19)22/h1-5,7-11,16-17,22H,6,12-15H2,(H,27,30)(H,28,34)(H,29,31)(H,32,33)/t16-,17-/m1/s1. The normalized spacial score (nSPS) is 18.2. The quantitative estimate of drug-likeness (QED) is 0.431. The van der Waals surface area contributed by atoms with Crippen molar-refractivity contribution in [2.75, 3.05) is 19.7 Å². The van der Waals surface area contributed by atoms with Crippen LogP contribution in [-0.2, 0) is 19.1 Å². The maximum atomic E-state index is 12.2. The topological polar surface area (TPSA) is 134 Å². The molecule has 0 saturated heterocycles. The van der Waals surface area contributed by atoms with Crippen LogP contribution >= 0.6 is 0 Å². The van der Waals surface area contributed by atoms with E-state index in [1.165, 1.54) is 0 Å². The summed E-state index contributed by atoms with van der Waals surface area (Å²) in [7, 11) is 0. The molecule has 0 radical (unpaired) electrons. The SMILES string of the molecule is O=C(CNC(=O)OCC1c2ccccc2-c2ccccc21)NCC(=O)N[C@@H]1C=CC[C@@H](C(=O)O)C1. The second-order valence-electron chi connectivity index (χ2n) is 8.56. The van der Waals surface area contributed by atoms with Crippen molar-refractivity contribution in [3.8, 4) is 11.1 Å². The van der Waals surface area contributed by atoms with Crippen LogP contribution in [0, 0.1) is 5.92 Å². The van der Waals surface area contributed by atoms with E-state index in [1.807, 2.05) is 48.5 Å². The van der Waals surface area contributed by atoms with Crippen LogP contribution in [0.4, 0.5) is 4.79 Å². The molecule has 0 aliphatic heterocycles. The van der Waals surface area contributed by atoms with E-state index in [2.05, 4.69) is 16.0 Å². The molecule has 0 fully saturated rings. The van der Waals surface area contributed by atoms with Crippen LogP contribution < -0.4 is 16.0 Å².